The first-order valence-corrected chi connectivity index (χ1v) is 7.33. The van der Waals surface area contributed by atoms with Crippen LogP contribution in [0.15, 0.2) is 48.9 Å². The molecule has 2 aromatic heterocycles. The number of nitrogens with one attached hydrogen (secondary N) is 2. The van der Waals surface area contributed by atoms with Crippen LogP contribution in [0.5, 0.6) is 0 Å². The Labute approximate surface area is 138 Å². The van der Waals surface area contributed by atoms with Gasteiger partial charge in [-0.25, -0.2) is 15.0 Å². The van der Waals surface area contributed by atoms with Gasteiger partial charge in [-0.3, -0.25) is 0 Å². The van der Waals surface area contributed by atoms with Gasteiger partial charge >= 0.3 is 0 Å². The molecular weight excluding hydrogens is 312 g/mol. The van der Waals surface area contributed by atoms with Gasteiger partial charge in [-0.05, 0) is 36.8 Å². The Morgan fingerprint density at radius 1 is 0.957 bits per heavy atom. The van der Waals surface area contributed by atoms with Gasteiger partial charge < -0.3 is 16.4 Å². The van der Waals surface area contributed by atoms with E-state index in [1.807, 2.05) is 31.2 Å². The Bertz CT molecular complexity index is 836. The van der Waals surface area contributed by atoms with Gasteiger partial charge in [0.05, 0.1) is 0 Å². The normalized spacial score (nSPS) is 10.3. The predicted molar refractivity (Wildman–Crippen MR) is 93.4 cm³/mol. The number of halogens is 1. The van der Waals surface area contributed by atoms with Crippen molar-refractivity contribution in [3.63, 3.8) is 0 Å². The van der Waals surface area contributed by atoms with Gasteiger partial charge in [-0.2, -0.15) is 0 Å². The largest absolute Gasteiger partial charge is 0.393 e. The van der Waals surface area contributed by atoms with Crippen LogP contribution in [0.4, 0.5) is 28.8 Å². The Kier molecular flexibility index (Phi) is 4.25. The minimum absolute atomic E-state index is 0.400. The number of benzene rings is 1. The maximum Gasteiger partial charge on any atom is 0.160 e. The highest BCUT2D eigenvalue weighted by atomic mass is 35.5. The SMILES string of the molecule is Cc1cccnc1Nc1ncnc(Nc2cccc(Cl)c2)c1N. The first-order chi connectivity index (χ1) is 11.1. The van der Waals surface area contributed by atoms with Crippen molar-refractivity contribution >= 4 is 40.4 Å². The second kappa shape index (κ2) is 6.50. The van der Waals surface area contributed by atoms with Crippen LogP contribution in [0.3, 0.4) is 0 Å². The molecule has 0 unspecified atom stereocenters. The molecule has 2 heterocycles. The topological polar surface area (TPSA) is 88.8 Å². The lowest BCUT2D eigenvalue weighted by Crippen LogP contribution is -2.06. The van der Waals surface area contributed by atoms with Crippen LogP contribution in [0.1, 0.15) is 5.56 Å². The van der Waals surface area contributed by atoms with Crippen LogP contribution < -0.4 is 16.4 Å². The molecule has 23 heavy (non-hydrogen) atoms. The fraction of sp³-hybridized carbons (Fsp3) is 0.0625. The number of hydrogen-bond donors (Lipinski definition) is 3. The number of aryl methyl sites for hydroxylation is 1. The van der Waals surface area contributed by atoms with Gasteiger partial charge in [0, 0.05) is 16.9 Å². The van der Waals surface area contributed by atoms with Crippen molar-refractivity contribution in [3.05, 3.63) is 59.5 Å². The molecule has 4 N–H and O–H groups in total. The van der Waals surface area contributed by atoms with Crippen molar-refractivity contribution in [2.45, 2.75) is 6.92 Å². The monoisotopic (exact) mass is 326 g/mol. The molecule has 0 spiro atoms. The van der Waals surface area contributed by atoms with Crippen LogP contribution in [0, 0.1) is 6.92 Å². The van der Waals surface area contributed by atoms with Crippen molar-refractivity contribution in [2.75, 3.05) is 16.4 Å². The highest BCUT2D eigenvalue weighted by Gasteiger charge is 2.10. The third kappa shape index (κ3) is 3.49. The molecule has 3 rings (SSSR count). The average molecular weight is 327 g/mol. The molecule has 0 radical (unpaired) electrons. The number of nitrogens with two attached hydrogens (primary N) is 1. The van der Waals surface area contributed by atoms with Crippen LogP contribution in [-0.4, -0.2) is 15.0 Å². The van der Waals surface area contributed by atoms with E-state index in [2.05, 4.69) is 25.6 Å². The summed E-state index contributed by atoms with van der Waals surface area (Å²) in [7, 11) is 0. The molecule has 1 aromatic carbocycles. The second-order valence-corrected chi connectivity index (χ2v) is 5.35. The molecule has 7 heteroatoms. The first-order valence-electron chi connectivity index (χ1n) is 6.95. The van der Waals surface area contributed by atoms with E-state index in [1.165, 1.54) is 6.33 Å². The zero-order valence-electron chi connectivity index (χ0n) is 12.4. The van der Waals surface area contributed by atoms with E-state index in [9.17, 15) is 0 Å². The molecule has 0 amide bonds. The summed E-state index contributed by atoms with van der Waals surface area (Å²) >= 11 is 5.98. The fourth-order valence-corrected chi connectivity index (χ4v) is 2.22. The lowest BCUT2D eigenvalue weighted by atomic mass is 10.3. The van der Waals surface area contributed by atoms with Crippen molar-refractivity contribution in [1.82, 2.24) is 15.0 Å². The highest BCUT2D eigenvalue weighted by Crippen LogP contribution is 2.28. The smallest absolute Gasteiger partial charge is 0.160 e. The van der Waals surface area contributed by atoms with E-state index < -0.39 is 0 Å². The van der Waals surface area contributed by atoms with Crippen molar-refractivity contribution < 1.29 is 0 Å². The highest BCUT2D eigenvalue weighted by molar-refractivity contribution is 6.30. The summed E-state index contributed by atoms with van der Waals surface area (Å²) in [6.45, 7) is 1.96. The molecule has 6 nitrogen and oxygen atoms in total. The van der Waals surface area contributed by atoms with Gasteiger partial charge in [0.25, 0.3) is 0 Å². The molecule has 0 saturated heterocycles. The molecule has 0 fully saturated rings. The third-order valence-corrected chi connectivity index (χ3v) is 3.45. The molecule has 3 aromatic rings. The van der Waals surface area contributed by atoms with Gasteiger partial charge in [0.15, 0.2) is 11.6 Å². The van der Waals surface area contributed by atoms with E-state index >= 15 is 0 Å². The van der Waals surface area contributed by atoms with Crippen LogP contribution in [-0.2, 0) is 0 Å². The molecule has 0 aliphatic heterocycles. The van der Waals surface area contributed by atoms with Crippen molar-refractivity contribution in [3.8, 4) is 0 Å². The number of nitrogens with zero attached hydrogens (tertiary/aromatic N) is 3. The van der Waals surface area contributed by atoms with E-state index in [1.54, 1.807) is 18.3 Å². The second-order valence-electron chi connectivity index (χ2n) is 4.91. The molecule has 0 bridgehead atoms. The zero-order chi connectivity index (χ0) is 16.2. The molecular formula is C16H15ClN6. The van der Waals surface area contributed by atoms with Crippen LogP contribution >= 0.6 is 11.6 Å². The summed E-state index contributed by atoms with van der Waals surface area (Å²) in [6, 6.07) is 11.1. The minimum atomic E-state index is 0.400. The number of hydrogen-bond acceptors (Lipinski definition) is 6. The molecule has 116 valence electrons. The van der Waals surface area contributed by atoms with Gasteiger partial charge in [0.2, 0.25) is 0 Å². The predicted octanol–water partition coefficient (Wildman–Crippen LogP) is 3.90. The number of anilines is 5. The van der Waals surface area contributed by atoms with E-state index in [4.69, 9.17) is 17.3 Å². The molecule has 0 atom stereocenters. The van der Waals surface area contributed by atoms with Crippen LogP contribution in [0.2, 0.25) is 5.02 Å². The van der Waals surface area contributed by atoms with Crippen LogP contribution in [0.25, 0.3) is 0 Å². The zero-order valence-corrected chi connectivity index (χ0v) is 13.2. The summed E-state index contributed by atoms with van der Waals surface area (Å²) in [5.41, 5.74) is 8.35. The van der Waals surface area contributed by atoms with Crippen molar-refractivity contribution in [1.29, 1.82) is 0 Å². The third-order valence-electron chi connectivity index (χ3n) is 3.22. The quantitative estimate of drug-likeness (QED) is 0.673. The summed E-state index contributed by atoms with van der Waals surface area (Å²) in [5.74, 6) is 1.69. The lowest BCUT2D eigenvalue weighted by molar-refractivity contribution is 1.15. The maximum absolute atomic E-state index is 6.16. The summed E-state index contributed by atoms with van der Waals surface area (Å²) < 4.78 is 0. The number of aromatic nitrogens is 3. The van der Waals surface area contributed by atoms with E-state index in [0.29, 0.717) is 28.2 Å². The fourth-order valence-electron chi connectivity index (χ4n) is 2.03. The van der Waals surface area contributed by atoms with Crippen molar-refractivity contribution in [2.24, 2.45) is 0 Å². The first kappa shape index (κ1) is 15.1. The molecule has 0 aliphatic carbocycles. The summed E-state index contributed by atoms with van der Waals surface area (Å²) in [5, 5.41) is 6.89. The maximum atomic E-state index is 6.16. The standard InChI is InChI=1S/C16H15ClN6/c1-10-4-3-7-19-14(10)23-16-13(18)15(20-9-21-16)22-12-6-2-5-11(17)8-12/h2-9H,18H2,1H3,(H2,19,20,21,22,23). The Hall–Kier alpha value is -2.86. The van der Waals surface area contributed by atoms with Gasteiger partial charge in [0.1, 0.15) is 17.8 Å². The average Bonchev–Trinajstić information content (AvgIpc) is 2.53. The number of pyridine rings is 1. The Morgan fingerprint density at radius 2 is 1.74 bits per heavy atom. The minimum Gasteiger partial charge on any atom is -0.393 e. The lowest BCUT2D eigenvalue weighted by Gasteiger charge is -2.13. The Balaban J connectivity index is 1.88. The molecule has 0 aliphatic rings. The summed E-state index contributed by atoms with van der Waals surface area (Å²) in [4.78, 5) is 12.6. The summed E-state index contributed by atoms with van der Waals surface area (Å²) in [6.07, 6.45) is 3.14. The molecule has 0 saturated carbocycles. The van der Waals surface area contributed by atoms with E-state index in [-0.39, 0.29) is 0 Å². The van der Waals surface area contributed by atoms with Gasteiger partial charge in [-0.1, -0.05) is 23.7 Å². The Morgan fingerprint density at radius 3 is 2.48 bits per heavy atom. The van der Waals surface area contributed by atoms with E-state index in [0.717, 1.165) is 11.3 Å². The number of rotatable bonds is 4. The van der Waals surface area contributed by atoms with Gasteiger partial charge in [-0.15, -0.1) is 0 Å². The number of nitrogen functional groups attached to an aromatic ring is 1.